The lowest BCUT2D eigenvalue weighted by atomic mass is 10.1. The first-order valence-corrected chi connectivity index (χ1v) is 12.7. The van der Waals surface area contributed by atoms with E-state index in [1.807, 2.05) is 41.3 Å². The number of aryl methyl sites for hydroxylation is 2. The zero-order chi connectivity index (χ0) is 23.8. The van der Waals surface area contributed by atoms with Gasteiger partial charge in [0.25, 0.3) is 0 Å². The number of rotatable bonds is 9. The fourth-order valence-corrected chi connectivity index (χ4v) is 4.81. The van der Waals surface area contributed by atoms with Crippen LogP contribution < -0.4 is 5.32 Å². The molecule has 2 amide bonds. The number of nitrogens with one attached hydrogen (secondary N) is 1. The second kappa shape index (κ2) is 12.0. The molecule has 3 aromatic rings. The fourth-order valence-electron chi connectivity index (χ4n) is 4.60. The third-order valence-electron chi connectivity index (χ3n) is 6.45. The van der Waals surface area contributed by atoms with Crippen LogP contribution in [0.5, 0.6) is 0 Å². The van der Waals surface area contributed by atoms with E-state index in [2.05, 4.69) is 16.0 Å². The Hall–Kier alpha value is -2.86. The molecule has 7 heteroatoms. The van der Waals surface area contributed by atoms with Crippen LogP contribution in [0.3, 0.4) is 0 Å². The molecule has 0 atom stereocenters. The van der Waals surface area contributed by atoms with E-state index in [-0.39, 0.29) is 18.2 Å². The highest BCUT2D eigenvalue weighted by atomic mass is 35.5. The average molecular weight is 481 g/mol. The van der Waals surface area contributed by atoms with Crippen molar-refractivity contribution in [2.75, 3.05) is 19.6 Å². The molecule has 4 rings (SSSR count). The molecule has 0 saturated carbocycles. The van der Waals surface area contributed by atoms with E-state index in [9.17, 15) is 9.59 Å². The van der Waals surface area contributed by atoms with Crippen molar-refractivity contribution in [3.8, 4) is 0 Å². The number of fused-ring (bicyclic) bond motifs is 1. The van der Waals surface area contributed by atoms with E-state index in [0.29, 0.717) is 24.5 Å². The minimum atomic E-state index is -0.0374. The molecule has 0 aliphatic carbocycles. The number of likely N-dealkylation sites (tertiary alicyclic amines) is 1. The van der Waals surface area contributed by atoms with Crippen LogP contribution >= 0.6 is 11.6 Å². The van der Waals surface area contributed by atoms with Crippen LogP contribution in [0.4, 0.5) is 0 Å². The van der Waals surface area contributed by atoms with E-state index in [0.717, 1.165) is 61.2 Å². The maximum atomic E-state index is 12.8. The number of carbonyl (C=O) groups excluding carboxylic acids is 2. The molecule has 0 bridgehead atoms. The maximum absolute atomic E-state index is 12.8. The van der Waals surface area contributed by atoms with Crippen molar-refractivity contribution in [3.05, 3.63) is 64.9 Å². The number of carbonyl (C=O) groups is 2. The summed E-state index contributed by atoms with van der Waals surface area (Å²) >= 11 is 6.16. The van der Waals surface area contributed by atoms with Gasteiger partial charge in [-0.3, -0.25) is 9.59 Å². The van der Waals surface area contributed by atoms with Gasteiger partial charge in [-0.2, -0.15) is 0 Å². The highest BCUT2D eigenvalue weighted by Crippen LogP contribution is 2.19. The van der Waals surface area contributed by atoms with Crippen molar-refractivity contribution >= 4 is 34.4 Å². The van der Waals surface area contributed by atoms with Gasteiger partial charge in [-0.25, -0.2) is 4.98 Å². The molecule has 1 N–H and O–H groups in total. The molecule has 34 heavy (non-hydrogen) atoms. The Labute approximate surface area is 206 Å². The van der Waals surface area contributed by atoms with Gasteiger partial charge in [0.2, 0.25) is 11.8 Å². The molecule has 2 heterocycles. The first kappa shape index (κ1) is 24.3. The molecule has 180 valence electrons. The minimum Gasteiger partial charge on any atom is -0.356 e. The van der Waals surface area contributed by atoms with Gasteiger partial charge in [0.1, 0.15) is 5.82 Å². The first-order valence-electron chi connectivity index (χ1n) is 12.3. The summed E-state index contributed by atoms with van der Waals surface area (Å²) in [6.45, 7) is 2.96. The van der Waals surface area contributed by atoms with E-state index < -0.39 is 0 Å². The van der Waals surface area contributed by atoms with Crippen LogP contribution in [-0.4, -0.2) is 45.9 Å². The zero-order valence-corrected chi connectivity index (χ0v) is 20.4. The molecule has 2 aromatic carbocycles. The standard InChI is InChI=1S/C27H33ClN4O2/c28-22-11-4-3-10-21(22)20-26(33)29-16-9-14-25-30-23-12-5-6-13-24(23)32(25)19-15-27(34)31-17-7-1-2-8-18-31/h3-6,10-13H,1-2,7-9,14-20H2,(H,29,33). The van der Waals surface area contributed by atoms with Gasteiger partial charge in [-0.1, -0.05) is 54.8 Å². The summed E-state index contributed by atoms with van der Waals surface area (Å²) in [6.07, 6.45) is 6.92. The molecule has 0 unspecified atom stereocenters. The molecular formula is C27H33ClN4O2. The summed E-state index contributed by atoms with van der Waals surface area (Å²) in [5, 5.41) is 3.60. The number of aromatic nitrogens is 2. The van der Waals surface area contributed by atoms with Gasteiger partial charge in [-0.05, 0) is 43.0 Å². The highest BCUT2D eigenvalue weighted by molar-refractivity contribution is 6.31. The van der Waals surface area contributed by atoms with Gasteiger partial charge in [0.05, 0.1) is 17.5 Å². The van der Waals surface area contributed by atoms with E-state index in [1.54, 1.807) is 6.07 Å². The van der Waals surface area contributed by atoms with Crippen molar-refractivity contribution in [3.63, 3.8) is 0 Å². The maximum Gasteiger partial charge on any atom is 0.224 e. The van der Waals surface area contributed by atoms with Gasteiger partial charge in [0.15, 0.2) is 0 Å². The number of nitrogens with zero attached hydrogens (tertiary/aromatic N) is 3. The second-order valence-electron chi connectivity index (χ2n) is 8.94. The summed E-state index contributed by atoms with van der Waals surface area (Å²) in [4.78, 5) is 32.0. The lowest BCUT2D eigenvalue weighted by molar-refractivity contribution is -0.131. The Morgan fingerprint density at radius 3 is 2.50 bits per heavy atom. The molecule has 1 saturated heterocycles. The van der Waals surface area contributed by atoms with E-state index in [1.165, 1.54) is 12.8 Å². The van der Waals surface area contributed by atoms with Crippen LogP contribution in [-0.2, 0) is 29.0 Å². The van der Waals surface area contributed by atoms with Crippen LogP contribution in [0.15, 0.2) is 48.5 Å². The normalized spacial score (nSPS) is 14.2. The first-order chi connectivity index (χ1) is 16.6. The summed E-state index contributed by atoms with van der Waals surface area (Å²) < 4.78 is 2.18. The SMILES string of the molecule is O=C(Cc1ccccc1Cl)NCCCc1nc2ccccc2n1CCC(=O)N1CCCCCC1. The summed E-state index contributed by atoms with van der Waals surface area (Å²) in [5.41, 5.74) is 2.84. The molecule has 1 aliphatic heterocycles. The van der Waals surface area contributed by atoms with Crippen LogP contribution in [0.1, 0.15) is 49.9 Å². The van der Waals surface area contributed by atoms with Gasteiger partial charge < -0.3 is 14.8 Å². The Morgan fingerprint density at radius 2 is 1.71 bits per heavy atom. The third-order valence-corrected chi connectivity index (χ3v) is 6.82. The van der Waals surface area contributed by atoms with Crippen LogP contribution in [0.25, 0.3) is 11.0 Å². The molecule has 0 radical (unpaired) electrons. The number of benzene rings is 2. The van der Waals surface area contributed by atoms with Crippen molar-refractivity contribution in [1.29, 1.82) is 0 Å². The predicted molar refractivity (Wildman–Crippen MR) is 136 cm³/mol. The largest absolute Gasteiger partial charge is 0.356 e. The lowest BCUT2D eigenvalue weighted by Crippen LogP contribution is -2.32. The number of hydrogen-bond acceptors (Lipinski definition) is 3. The number of halogens is 1. The van der Waals surface area contributed by atoms with E-state index in [4.69, 9.17) is 16.6 Å². The smallest absolute Gasteiger partial charge is 0.224 e. The van der Waals surface area contributed by atoms with Crippen LogP contribution in [0, 0.1) is 0 Å². The summed E-state index contributed by atoms with van der Waals surface area (Å²) in [7, 11) is 0. The number of amides is 2. The molecular weight excluding hydrogens is 448 g/mol. The molecule has 1 aromatic heterocycles. The zero-order valence-electron chi connectivity index (χ0n) is 19.6. The third kappa shape index (κ3) is 6.38. The fraction of sp³-hybridized carbons (Fsp3) is 0.444. The Bertz CT molecular complexity index is 1120. The van der Waals surface area contributed by atoms with Gasteiger partial charge in [-0.15, -0.1) is 0 Å². The van der Waals surface area contributed by atoms with E-state index >= 15 is 0 Å². The monoisotopic (exact) mass is 480 g/mol. The highest BCUT2D eigenvalue weighted by Gasteiger charge is 2.17. The number of hydrogen-bond donors (Lipinski definition) is 1. The molecule has 1 fully saturated rings. The summed E-state index contributed by atoms with van der Waals surface area (Å²) in [6, 6.07) is 15.5. The molecule has 1 aliphatic rings. The van der Waals surface area contributed by atoms with Crippen LogP contribution in [0.2, 0.25) is 5.02 Å². The molecule has 0 spiro atoms. The number of para-hydroxylation sites is 2. The van der Waals surface area contributed by atoms with Crippen molar-refractivity contribution in [2.24, 2.45) is 0 Å². The average Bonchev–Trinajstić information content (AvgIpc) is 2.99. The second-order valence-corrected chi connectivity index (χ2v) is 9.34. The minimum absolute atomic E-state index is 0.0374. The predicted octanol–water partition coefficient (Wildman–Crippen LogP) is 4.77. The number of imidazole rings is 1. The quantitative estimate of drug-likeness (QED) is 0.448. The summed E-state index contributed by atoms with van der Waals surface area (Å²) in [5.74, 6) is 1.16. The van der Waals surface area contributed by atoms with Crippen molar-refractivity contribution in [2.45, 2.75) is 57.9 Å². The van der Waals surface area contributed by atoms with Crippen molar-refractivity contribution in [1.82, 2.24) is 19.8 Å². The molecule has 6 nitrogen and oxygen atoms in total. The van der Waals surface area contributed by atoms with Gasteiger partial charge in [0, 0.05) is 44.0 Å². The lowest BCUT2D eigenvalue weighted by Gasteiger charge is -2.20. The Balaban J connectivity index is 1.33. The Kier molecular flexibility index (Phi) is 8.58. The topological polar surface area (TPSA) is 67.2 Å². The van der Waals surface area contributed by atoms with Gasteiger partial charge >= 0.3 is 0 Å². The Morgan fingerprint density at radius 1 is 0.971 bits per heavy atom. The van der Waals surface area contributed by atoms with Crippen molar-refractivity contribution < 1.29 is 9.59 Å².